The molecule has 2 unspecified atom stereocenters. The molecule has 0 saturated heterocycles. The van der Waals surface area contributed by atoms with E-state index in [-0.39, 0.29) is 0 Å². The summed E-state index contributed by atoms with van der Waals surface area (Å²) in [6.07, 6.45) is -0.451. The van der Waals surface area contributed by atoms with E-state index in [1.165, 1.54) is 0 Å². The molecule has 0 aromatic heterocycles. The van der Waals surface area contributed by atoms with Crippen molar-refractivity contribution in [2.75, 3.05) is 19.8 Å². The van der Waals surface area contributed by atoms with Crippen molar-refractivity contribution in [1.29, 1.82) is 0 Å². The molecule has 0 bridgehead atoms. The van der Waals surface area contributed by atoms with Gasteiger partial charge in [-0.05, 0) is 47.0 Å². The Morgan fingerprint density at radius 3 is 2.76 bits per heavy atom. The zero-order valence-electron chi connectivity index (χ0n) is 12.1. The number of esters is 1. The van der Waals surface area contributed by atoms with Crippen molar-refractivity contribution in [3.05, 3.63) is 22.2 Å². The number of rotatable bonds is 5. The van der Waals surface area contributed by atoms with Gasteiger partial charge in [-0.3, -0.25) is 4.79 Å². The zero-order chi connectivity index (χ0) is 15.4. The molecule has 5 nitrogen and oxygen atoms in total. The minimum absolute atomic E-state index is 0.298. The van der Waals surface area contributed by atoms with Crippen LogP contribution in [0, 0.1) is 5.92 Å². The number of aliphatic hydroxyl groups is 1. The van der Waals surface area contributed by atoms with Gasteiger partial charge in [0.25, 0.3) is 0 Å². The van der Waals surface area contributed by atoms with Crippen molar-refractivity contribution < 1.29 is 24.1 Å². The summed E-state index contributed by atoms with van der Waals surface area (Å²) in [5.41, 5.74) is 0.603. The highest BCUT2D eigenvalue weighted by molar-refractivity contribution is 9.10. The lowest BCUT2D eigenvalue weighted by molar-refractivity contribution is -0.152. The quantitative estimate of drug-likeness (QED) is 0.819. The number of hydrogen-bond acceptors (Lipinski definition) is 5. The minimum Gasteiger partial charge on any atom is -0.486 e. The smallest absolute Gasteiger partial charge is 0.311 e. The molecular formula is C15H19BrO5. The van der Waals surface area contributed by atoms with E-state index >= 15 is 0 Å². The van der Waals surface area contributed by atoms with E-state index in [1.54, 1.807) is 19.1 Å². The maximum absolute atomic E-state index is 11.9. The fraction of sp³-hybridized carbons (Fsp3) is 0.533. The van der Waals surface area contributed by atoms with E-state index in [0.717, 1.165) is 0 Å². The van der Waals surface area contributed by atoms with Crippen molar-refractivity contribution in [3.8, 4) is 11.5 Å². The minimum atomic E-state index is -0.943. The average Bonchev–Trinajstić information content (AvgIpc) is 2.48. The number of aliphatic hydroxyl groups excluding tert-OH is 1. The highest BCUT2D eigenvalue weighted by Crippen LogP contribution is 2.41. The van der Waals surface area contributed by atoms with Gasteiger partial charge in [-0.15, -0.1) is 0 Å². The van der Waals surface area contributed by atoms with Crippen LogP contribution in [0.4, 0.5) is 0 Å². The van der Waals surface area contributed by atoms with Gasteiger partial charge >= 0.3 is 5.97 Å². The summed E-state index contributed by atoms with van der Waals surface area (Å²) in [6, 6.07) is 3.46. The molecule has 0 radical (unpaired) electrons. The first-order valence-corrected chi connectivity index (χ1v) is 7.81. The van der Waals surface area contributed by atoms with Crippen LogP contribution in [-0.2, 0) is 9.53 Å². The normalized spacial score (nSPS) is 16.2. The molecule has 1 aliphatic rings. The molecule has 0 amide bonds. The number of carbonyl (C=O) groups excluding carboxylic acids is 1. The highest BCUT2D eigenvalue weighted by atomic mass is 79.9. The maximum Gasteiger partial charge on any atom is 0.311 e. The lowest BCUT2D eigenvalue weighted by Crippen LogP contribution is -2.24. The Morgan fingerprint density at radius 1 is 1.38 bits per heavy atom. The van der Waals surface area contributed by atoms with E-state index in [1.807, 2.05) is 6.92 Å². The Bertz CT molecular complexity index is 517. The van der Waals surface area contributed by atoms with Gasteiger partial charge in [0, 0.05) is 0 Å². The van der Waals surface area contributed by atoms with E-state index in [4.69, 9.17) is 14.2 Å². The average molecular weight is 359 g/mol. The second kappa shape index (κ2) is 7.13. The van der Waals surface area contributed by atoms with Crippen LogP contribution in [0.5, 0.6) is 11.5 Å². The number of ether oxygens (including phenoxy) is 3. The highest BCUT2D eigenvalue weighted by Gasteiger charge is 2.29. The van der Waals surface area contributed by atoms with Crippen LogP contribution in [0.2, 0.25) is 0 Å². The first kappa shape index (κ1) is 16.1. The molecule has 116 valence electrons. The third kappa shape index (κ3) is 3.49. The number of carbonyl (C=O) groups is 1. The lowest BCUT2D eigenvalue weighted by Gasteiger charge is -2.24. The molecule has 0 spiro atoms. The summed E-state index contributed by atoms with van der Waals surface area (Å²) in [7, 11) is 0. The van der Waals surface area contributed by atoms with Gasteiger partial charge in [0.1, 0.15) is 13.2 Å². The molecule has 2 rings (SSSR count). The molecule has 0 fully saturated rings. The molecule has 1 aliphatic heterocycles. The molecule has 1 aromatic carbocycles. The molecule has 1 aromatic rings. The van der Waals surface area contributed by atoms with E-state index in [9.17, 15) is 9.90 Å². The Morgan fingerprint density at radius 2 is 2.10 bits per heavy atom. The van der Waals surface area contributed by atoms with Gasteiger partial charge in [-0.2, -0.15) is 0 Å². The Labute approximate surface area is 132 Å². The summed E-state index contributed by atoms with van der Waals surface area (Å²) in [5, 5.41) is 10.5. The standard InChI is InChI=1S/C15H19BrO5/c1-3-10(15(18)19-4-2)13(17)9-7-11(16)14-12(8-9)20-5-6-21-14/h7-8,10,13,17H,3-6H2,1-2H3. The van der Waals surface area contributed by atoms with Crippen LogP contribution in [-0.4, -0.2) is 30.9 Å². The number of halogens is 1. The third-order valence-corrected chi connectivity index (χ3v) is 3.96. The molecule has 1 N–H and O–H groups in total. The summed E-state index contributed by atoms with van der Waals surface area (Å²) in [5.74, 6) is 0.211. The van der Waals surface area contributed by atoms with Gasteiger partial charge in [0.15, 0.2) is 11.5 Å². The molecule has 1 heterocycles. The van der Waals surface area contributed by atoms with Crippen molar-refractivity contribution in [1.82, 2.24) is 0 Å². The summed E-state index contributed by atoms with van der Waals surface area (Å²) < 4.78 is 16.8. The Kier molecular flexibility index (Phi) is 5.47. The fourth-order valence-electron chi connectivity index (χ4n) is 2.30. The van der Waals surface area contributed by atoms with Crippen LogP contribution in [0.1, 0.15) is 31.9 Å². The Balaban J connectivity index is 2.27. The van der Waals surface area contributed by atoms with Gasteiger partial charge in [0.05, 0.1) is 23.1 Å². The first-order chi connectivity index (χ1) is 10.1. The molecule has 0 aliphatic carbocycles. The van der Waals surface area contributed by atoms with Crippen molar-refractivity contribution in [3.63, 3.8) is 0 Å². The van der Waals surface area contributed by atoms with E-state index < -0.39 is 18.0 Å². The second-order valence-electron chi connectivity index (χ2n) is 4.74. The van der Waals surface area contributed by atoms with Crippen molar-refractivity contribution >= 4 is 21.9 Å². The predicted molar refractivity (Wildman–Crippen MR) is 80.5 cm³/mol. The summed E-state index contributed by atoms with van der Waals surface area (Å²) in [4.78, 5) is 11.9. The largest absolute Gasteiger partial charge is 0.486 e. The molecular weight excluding hydrogens is 340 g/mol. The SMILES string of the molecule is CCOC(=O)C(CC)C(O)c1cc(Br)c2c(c1)OCCO2. The van der Waals surface area contributed by atoms with Crippen molar-refractivity contribution in [2.24, 2.45) is 5.92 Å². The van der Waals surface area contributed by atoms with Crippen LogP contribution < -0.4 is 9.47 Å². The topological polar surface area (TPSA) is 65.0 Å². The summed E-state index contributed by atoms with van der Waals surface area (Å²) >= 11 is 3.41. The second-order valence-corrected chi connectivity index (χ2v) is 5.59. The number of hydrogen-bond donors (Lipinski definition) is 1. The van der Waals surface area contributed by atoms with Gasteiger partial charge < -0.3 is 19.3 Å². The van der Waals surface area contributed by atoms with Gasteiger partial charge in [-0.1, -0.05) is 6.92 Å². The molecule has 6 heteroatoms. The number of fused-ring (bicyclic) bond motifs is 1. The van der Waals surface area contributed by atoms with Crippen LogP contribution >= 0.6 is 15.9 Å². The fourth-order valence-corrected chi connectivity index (χ4v) is 2.88. The van der Waals surface area contributed by atoms with Gasteiger partial charge in [-0.25, -0.2) is 0 Å². The van der Waals surface area contributed by atoms with Crippen LogP contribution in [0.3, 0.4) is 0 Å². The first-order valence-electron chi connectivity index (χ1n) is 7.02. The monoisotopic (exact) mass is 358 g/mol. The molecule has 2 atom stereocenters. The van der Waals surface area contributed by atoms with E-state index in [2.05, 4.69) is 15.9 Å². The number of benzene rings is 1. The van der Waals surface area contributed by atoms with Gasteiger partial charge in [0.2, 0.25) is 0 Å². The third-order valence-electron chi connectivity index (χ3n) is 3.37. The van der Waals surface area contributed by atoms with Crippen molar-refractivity contribution in [2.45, 2.75) is 26.4 Å². The molecule has 21 heavy (non-hydrogen) atoms. The maximum atomic E-state index is 11.9. The van der Waals surface area contributed by atoms with Crippen LogP contribution in [0.15, 0.2) is 16.6 Å². The Hall–Kier alpha value is -1.27. The van der Waals surface area contributed by atoms with Crippen LogP contribution in [0.25, 0.3) is 0 Å². The predicted octanol–water partition coefficient (Wildman–Crippen LogP) is 2.84. The molecule has 0 saturated carbocycles. The zero-order valence-corrected chi connectivity index (χ0v) is 13.7. The lowest BCUT2D eigenvalue weighted by atomic mass is 9.93. The van der Waals surface area contributed by atoms with E-state index in [0.29, 0.717) is 47.8 Å². The summed E-state index contributed by atoms with van der Waals surface area (Å²) in [6.45, 7) is 4.85.